The van der Waals surface area contributed by atoms with Crippen LogP contribution in [-0.4, -0.2) is 25.2 Å². The highest BCUT2D eigenvalue weighted by atomic mass is 16.5. The largest absolute Gasteiger partial charge is 0.493 e. The summed E-state index contributed by atoms with van der Waals surface area (Å²) < 4.78 is 17.0. The van der Waals surface area contributed by atoms with E-state index in [-0.39, 0.29) is 12.0 Å². The second-order valence-electron chi connectivity index (χ2n) is 6.70. The van der Waals surface area contributed by atoms with Gasteiger partial charge in [-0.05, 0) is 62.6 Å². The van der Waals surface area contributed by atoms with Gasteiger partial charge in [-0.15, -0.1) is 0 Å². The molecule has 0 saturated heterocycles. The van der Waals surface area contributed by atoms with Crippen LogP contribution in [0.3, 0.4) is 0 Å². The summed E-state index contributed by atoms with van der Waals surface area (Å²) >= 11 is 0. The molecule has 1 atom stereocenters. The molecule has 1 N–H and O–H groups in total. The molecule has 0 aliphatic carbocycles. The average molecular weight is 371 g/mol. The van der Waals surface area contributed by atoms with Crippen LogP contribution in [0.15, 0.2) is 42.5 Å². The van der Waals surface area contributed by atoms with Crippen molar-refractivity contribution in [2.75, 3.05) is 7.11 Å². The molecule has 146 valence electrons. The Balaban J connectivity index is 1.98. The van der Waals surface area contributed by atoms with Crippen molar-refractivity contribution in [1.82, 2.24) is 5.32 Å². The minimum absolute atomic E-state index is 0.0635. The number of rotatable bonds is 9. The summed E-state index contributed by atoms with van der Waals surface area (Å²) in [5.41, 5.74) is 2.03. The number of carbonyl (C=O) groups is 1. The van der Waals surface area contributed by atoms with Gasteiger partial charge in [0.15, 0.2) is 17.6 Å². The van der Waals surface area contributed by atoms with E-state index in [0.29, 0.717) is 30.2 Å². The molecule has 5 nitrogen and oxygen atoms in total. The number of methoxy groups -OCH3 is 1. The van der Waals surface area contributed by atoms with Crippen LogP contribution < -0.4 is 19.5 Å². The smallest absolute Gasteiger partial charge is 0.261 e. The summed E-state index contributed by atoms with van der Waals surface area (Å²) in [7, 11) is 1.60. The number of aryl methyl sites for hydroxylation is 1. The molecule has 27 heavy (non-hydrogen) atoms. The molecule has 0 radical (unpaired) electrons. The van der Waals surface area contributed by atoms with Gasteiger partial charge in [0.05, 0.1) is 13.2 Å². The lowest BCUT2D eigenvalue weighted by Gasteiger charge is -2.18. The molecule has 0 fully saturated rings. The predicted molar refractivity (Wildman–Crippen MR) is 106 cm³/mol. The van der Waals surface area contributed by atoms with Crippen molar-refractivity contribution in [3.05, 3.63) is 53.6 Å². The first kappa shape index (κ1) is 20.6. The van der Waals surface area contributed by atoms with E-state index in [2.05, 4.69) is 5.32 Å². The number of nitrogens with one attached hydrogen (secondary N) is 1. The Hall–Kier alpha value is -2.69. The molecule has 5 heteroatoms. The zero-order chi connectivity index (χ0) is 19.8. The van der Waals surface area contributed by atoms with Crippen LogP contribution >= 0.6 is 0 Å². The van der Waals surface area contributed by atoms with Gasteiger partial charge in [-0.1, -0.05) is 25.1 Å². The van der Waals surface area contributed by atoms with Gasteiger partial charge >= 0.3 is 0 Å². The Labute approximate surface area is 161 Å². The topological polar surface area (TPSA) is 56.8 Å². The molecular weight excluding hydrogens is 342 g/mol. The highest BCUT2D eigenvalue weighted by molar-refractivity contribution is 5.81. The van der Waals surface area contributed by atoms with Crippen LogP contribution in [0.2, 0.25) is 0 Å². The van der Waals surface area contributed by atoms with Crippen molar-refractivity contribution in [2.24, 2.45) is 0 Å². The van der Waals surface area contributed by atoms with Crippen molar-refractivity contribution in [1.29, 1.82) is 0 Å². The van der Waals surface area contributed by atoms with Gasteiger partial charge in [0.25, 0.3) is 5.91 Å². The van der Waals surface area contributed by atoms with E-state index < -0.39 is 6.10 Å². The fourth-order valence-electron chi connectivity index (χ4n) is 2.65. The van der Waals surface area contributed by atoms with Gasteiger partial charge < -0.3 is 19.5 Å². The van der Waals surface area contributed by atoms with E-state index in [1.54, 1.807) is 7.11 Å². The van der Waals surface area contributed by atoms with Gasteiger partial charge in [0.2, 0.25) is 0 Å². The van der Waals surface area contributed by atoms with E-state index in [0.717, 1.165) is 11.1 Å². The van der Waals surface area contributed by atoms with Crippen molar-refractivity contribution in [3.63, 3.8) is 0 Å². The average Bonchev–Trinajstić information content (AvgIpc) is 2.64. The molecule has 0 heterocycles. The van der Waals surface area contributed by atoms with Gasteiger partial charge in [0, 0.05) is 6.54 Å². The molecule has 2 rings (SSSR count). The summed E-state index contributed by atoms with van der Waals surface area (Å²) in [6.07, 6.45) is 0.121. The second-order valence-corrected chi connectivity index (χ2v) is 6.70. The SMILES string of the molecule is CC[C@H](Oc1cccc(C)c1)C(=O)NCc1ccc(OC(C)C)c(OC)c1. The maximum Gasteiger partial charge on any atom is 0.261 e. The van der Waals surface area contributed by atoms with Crippen LogP contribution in [0, 0.1) is 6.92 Å². The number of amides is 1. The predicted octanol–water partition coefficient (Wildman–Crippen LogP) is 4.26. The molecule has 2 aromatic carbocycles. The lowest BCUT2D eigenvalue weighted by molar-refractivity contribution is -0.128. The van der Waals surface area contributed by atoms with Crippen LogP contribution in [0.4, 0.5) is 0 Å². The minimum atomic E-state index is -0.530. The zero-order valence-corrected chi connectivity index (χ0v) is 16.7. The van der Waals surface area contributed by atoms with Gasteiger partial charge in [-0.2, -0.15) is 0 Å². The molecule has 0 unspecified atom stereocenters. The summed E-state index contributed by atoms with van der Waals surface area (Å²) in [5.74, 6) is 1.91. The molecule has 0 spiro atoms. The van der Waals surface area contributed by atoms with Crippen LogP contribution in [0.1, 0.15) is 38.3 Å². The lowest BCUT2D eigenvalue weighted by atomic mass is 10.2. The Bertz CT molecular complexity index is 758. The molecule has 1 amide bonds. The van der Waals surface area contributed by atoms with Gasteiger partial charge in [0.1, 0.15) is 5.75 Å². The molecule has 0 bridgehead atoms. The van der Waals surface area contributed by atoms with Crippen molar-refractivity contribution in [3.8, 4) is 17.2 Å². The Kier molecular flexibility index (Phi) is 7.53. The number of hydrogen-bond donors (Lipinski definition) is 1. The summed E-state index contributed by atoms with van der Waals surface area (Å²) in [4.78, 5) is 12.5. The first-order valence-electron chi connectivity index (χ1n) is 9.27. The third kappa shape index (κ3) is 6.20. The van der Waals surface area contributed by atoms with E-state index in [1.807, 2.05) is 70.2 Å². The summed E-state index contributed by atoms with van der Waals surface area (Å²) in [6.45, 7) is 8.25. The van der Waals surface area contributed by atoms with Crippen molar-refractivity contribution < 1.29 is 19.0 Å². The van der Waals surface area contributed by atoms with E-state index in [9.17, 15) is 4.79 Å². The highest BCUT2D eigenvalue weighted by Gasteiger charge is 2.18. The van der Waals surface area contributed by atoms with E-state index in [1.165, 1.54) is 0 Å². The number of hydrogen-bond acceptors (Lipinski definition) is 4. The normalized spacial score (nSPS) is 11.8. The summed E-state index contributed by atoms with van der Waals surface area (Å²) in [6, 6.07) is 13.4. The monoisotopic (exact) mass is 371 g/mol. The Morgan fingerprint density at radius 3 is 2.48 bits per heavy atom. The van der Waals surface area contributed by atoms with Crippen LogP contribution in [0.25, 0.3) is 0 Å². The van der Waals surface area contributed by atoms with Crippen LogP contribution in [-0.2, 0) is 11.3 Å². The Morgan fingerprint density at radius 1 is 1.07 bits per heavy atom. The number of ether oxygens (including phenoxy) is 3. The number of benzene rings is 2. The Morgan fingerprint density at radius 2 is 1.85 bits per heavy atom. The number of carbonyl (C=O) groups excluding carboxylic acids is 1. The van der Waals surface area contributed by atoms with Gasteiger partial charge in [-0.3, -0.25) is 4.79 Å². The van der Waals surface area contributed by atoms with Crippen molar-refractivity contribution in [2.45, 2.75) is 52.9 Å². The first-order valence-corrected chi connectivity index (χ1v) is 9.27. The second kappa shape index (κ2) is 9.86. The molecule has 0 aliphatic rings. The summed E-state index contributed by atoms with van der Waals surface area (Å²) in [5, 5.41) is 2.94. The van der Waals surface area contributed by atoms with E-state index in [4.69, 9.17) is 14.2 Å². The zero-order valence-electron chi connectivity index (χ0n) is 16.7. The van der Waals surface area contributed by atoms with Crippen molar-refractivity contribution >= 4 is 5.91 Å². The standard InChI is InChI=1S/C22H29NO4/c1-6-19(27-18-9-7-8-16(4)12-18)22(24)23-14-17-10-11-20(26-15(2)3)21(13-17)25-5/h7-13,15,19H,6,14H2,1-5H3,(H,23,24)/t19-/m0/s1. The third-order valence-electron chi connectivity index (χ3n) is 3.99. The molecular formula is C22H29NO4. The van der Waals surface area contributed by atoms with E-state index >= 15 is 0 Å². The lowest BCUT2D eigenvalue weighted by Crippen LogP contribution is -2.37. The maximum absolute atomic E-state index is 12.5. The fraction of sp³-hybridized carbons (Fsp3) is 0.409. The highest BCUT2D eigenvalue weighted by Crippen LogP contribution is 2.29. The van der Waals surface area contributed by atoms with Gasteiger partial charge in [-0.25, -0.2) is 0 Å². The molecule has 0 aromatic heterocycles. The minimum Gasteiger partial charge on any atom is -0.493 e. The first-order chi connectivity index (χ1) is 12.9. The molecule has 0 aliphatic heterocycles. The van der Waals surface area contributed by atoms with Crippen LogP contribution in [0.5, 0.6) is 17.2 Å². The molecule has 2 aromatic rings. The quantitative estimate of drug-likeness (QED) is 0.715. The molecule has 0 saturated carbocycles. The third-order valence-corrected chi connectivity index (χ3v) is 3.99. The fourth-order valence-corrected chi connectivity index (χ4v) is 2.65. The maximum atomic E-state index is 12.5.